The fourth-order valence-corrected chi connectivity index (χ4v) is 3.84. The smallest absolute Gasteiger partial charge is 0.240 e. The number of rotatable bonds is 6. The number of nitrogens with one attached hydrogen (secondary N) is 2. The average molecular weight is 329 g/mol. The van der Waals surface area contributed by atoms with Gasteiger partial charge in [0.1, 0.15) is 13.2 Å². The van der Waals surface area contributed by atoms with E-state index >= 15 is 0 Å². The van der Waals surface area contributed by atoms with Gasteiger partial charge in [-0.15, -0.1) is 0 Å². The van der Waals surface area contributed by atoms with Crippen molar-refractivity contribution in [2.24, 2.45) is 5.41 Å². The van der Waals surface area contributed by atoms with Crippen LogP contribution in [0.1, 0.15) is 13.8 Å². The minimum Gasteiger partial charge on any atom is -0.486 e. The standard InChI is InChI=1S/C15H24N2O4S/c1-15(2,11-17(3)4)10-16-22(18,19)12-5-6-13-14(9-12)21-8-7-20-13/h5-6,9,16H,7-8,10-11H2,1-4H3/p+1. The lowest BCUT2D eigenvalue weighted by Crippen LogP contribution is -3.07. The molecule has 0 aromatic heterocycles. The van der Waals surface area contributed by atoms with Crippen LogP contribution in [0.2, 0.25) is 0 Å². The van der Waals surface area contributed by atoms with E-state index in [0.717, 1.165) is 6.54 Å². The summed E-state index contributed by atoms with van der Waals surface area (Å²) in [5.41, 5.74) is -0.125. The Morgan fingerprint density at radius 1 is 1.18 bits per heavy atom. The third-order valence-electron chi connectivity index (χ3n) is 3.40. The van der Waals surface area contributed by atoms with Crippen LogP contribution in [0, 0.1) is 5.41 Å². The first kappa shape index (κ1) is 17.1. The lowest BCUT2D eigenvalue weighted by molar-refractivity contribution is -0.865. The van der Waals surface area contributed by atoms with Crippen LogP contribution in [0.3, 0.4) is 0 Å². The third-order valence-corrected chi connectivity index (χ3v) is 4.80. The number of benzene rings is 1. The molecule has 0 aliphatic carbocycles. The number of fused-ring (bicyclic) bond motifs is 1. The summed E-state index contributed by atoms with van der Waals surface area (Å²) < 4.78 is 38.4. The van der Waals surface area contributed by atoms with E-state index in [2.05, 4.69) is 18.8 Å². The Bertz CT molecular complexity index is 626. The van der Waals surface area contributed by atoms with E-state index in [4.69, 9.17) is 9.47 Å². The first-order chi connectivity index (χ1) is 10.2. The van der Waals surface area contributed by atoms with Crippen LogP contribution < -0.4 is 19.1 Å². The highest BCUT2D eigenvalue weighted by Crippen LogP contribution is 2.32. The molecule has 1 aromatic carbocycles. The molecule has 0 saturated carbocycles. The summed E-state index contributed by atoms with van der Waals surface area (Å²) in [6, 6.07) is 4.69. The van der Waals surface area contributed by atoms with E-state index in [1.807, 2.05) is 13.8 Å². The molecular weight excluding hydrogens is 304 g/mol. The second-order valence-electron chi connectivity index (χ2n) is 6.68. The molecule has 7 heteroatoms. The van der Waals surface area contributed by atoms with E-state index in [1.165, 1.54) is 11.0 Å². The lowest BCUT2D eigenvalue weighted by Gasteiger charge is -2.26. The van der Waals surface area contributed by atoms with Crippen molar-refractivity contribution in [3.05, 3.63) is 18.2 Å². The van der Waals surface area contributed by atoms with Crippen molar-refractivity contribution in [1.82, 2.24) is 4.72 Å². The van der Waals surface area contributed by atoms with Crippen LogP contribution in [-0.2, 0) is 10.0 Å². The van der Waals surface area contributed by atoms with E-state index in [0.29, 0.717) is 31.3 Å². The van der Waals surface area contributed by atoms with Crippen LogP contribution in [-0.4, -0.2) is 48.8 Å². The normalized spacial score (nSPS) is 15.1. The molecule has 0 atom stereocenters. The summed E-state index contributed by atoms with van der Waals surface area (Å²) in [5, 5.41) is 0. The second kappa shape index (κ2) is 6.44. The molecular formula is C15H25N2O4S+. The Hall–Kier alpha value is -1.31. The van der Waals surface area contributed by atoms with Crippen LogP contribution in [0.4, 0.5) is 0 Å². The van der Waals surface area contributed by atoms with E-state index in [1.54, 1.807) is 12.1 Å². The maximum atomic E-state index is 12.4. The number of ether oxygens (including phenoxy) is 2. The van der Waals surface area contributed by atoms with Gasteiger partial charge < -0.3 is 14.4 Å². The topological polar surface area (TPSA) is 69.1 Å². The van der Waals surface area contributed by atoms with Gasteiger partial charge >= 0.3 is 0 Å². The fourth-order valence-electron chi connectivity index (χ4n) is 2.58. The van der Waals surface area contributed by atoms with E-state index in [9.17, 15) is 8.42 Å². The van der Waals surface area contributed by atoms with Gasteiger partial charge in [0, 0.05) is 18.0 Å². The number of hydrogen-bond acceptors (Lipinski definition) is 4. The zero-order valence-corrected chi connectivity index (χ0v) is 14.4. The molecule has 0 spiro atoms. The maximum absolute atomic E-state index is 12.4. The Kier molecular flexibility index (Phi) is 4.99. The predicted molar refractivity (Wildman–Crippen MR) is 84.1 cm³/mol. The van der Waals surface area contributed by atoms with Crippen LogP contribution in [0.25, 0.3) is 0 Å². The summed E-state index contributed by atoms with van der Waals surface area (Å²) in [7, 11) is 0.548. The second-order valence-corrected chi connectivity index (χ2v) is 8.45. The van der Waals surface area contributed by atoms with Crippen molar-refractivity contribution in [3.63, 3.8) is 0 Å². The minimum absolute atomic E-state index is 0.125. The highest BCUT2D eigenvalue weighted by atomic mass is 32.2. The Morgan fingerprint density at radius 2 is 1.82 bits per heavy atom. The first-order valence-corrected chi connectivity index (χ1v) is 8.86. The Morgan fingerprint density at radius 3 is 2.45 bits per heavy atom. The monoisotopic (exact) mass is 329 g/mol. The van der Waals surface area contributed by atoms with Gasteiger partial charge in [0.15, 0.2) is 11.5 Å². The minimum atomic E-state index is -3.56. The van der Waals surface area contributed by atoms with E-state index < -0.39 is 10.0 Å². The van der Waals surface area contributed by atoms with Gasteiger partial charge in [0.2, 0.25) is 10.0 Å². The molecule has 0 fully saturated rings. The molecule has 1 aromatic rings. The SMILES string of the molecule is C[NH+](C)CC(C)(C)CNS(=O)(=O)c1ccc2c(c1)OCCO2. The molecule has 2 rings (SSSR count). The third kappa shape index (κ3) is 4.34. The van der Waals surface area contributed by atoms with Crippen molar-refractivity contribution in [2.45, 2.75) is 18.7 Å². The Labute approximate surface area is 132 Å². The van der Waals surface area contributed by atoms with Gasteiger partial charge in [-0.1, -0.05) is 13.8 Å². The number of quaternary nitrogens is 1. The summed E-state index contributed by atoms with van der Waals surface area (Å²) in [5.74, 6) is 1.06. The largest absolute Gasteiger partial charge is 0.486 e. The number of hydrogen-bond donors (Lipinski definition) is 2. The van der Waals surface area contributed by atoms with E-state index in [-0.39, 0.29) is 10.3 Å². The molecule has 1 aliphatic heterocycles. The fraction of sp³-hybridized carbons (Fsp3) is 0.600. The molecule has 6 nitrogen and oxygen atoms in total. The van der Waals surface area contributed by atoms with Crippen molar-refractivity contribution in [3.8, 4) is 11.5 Å². The average Bonchev–Trinajstić information content (AvgIpc) is 2.44. The summed E-state index contributed by atoms with van der Waals surface area (Å²) in [6.45, 7) is 6.27. The van der Waals surface area contributed by atoms with Crippen molar-refractivity contribution >= 4 is 10.0 Å². The molecule has 0 bridgehead atoms. The molecule has 124 valence electrons. The summed E-state index contributed by atoms with van der Waals surface area (Å²) >= 11 is 0. The maximum Gasteiger partial charge on any atom is 0.240 e. The Balaban J connectivity index is 2.10. The predicted octanol–water partition coefficient (Wildman–Crippen LogP) is -0.0932. The molecule has 0 amide bonds. The lowest BCUT2D eigenvalue weighted by atomic mass is 9.93. The van der Waals surface area contributed by atoms with Gasteiger partial charge in [0.25, 0.3) is 0 Å². The highest BCUT2D eigenvalue weighted by molar-refractivity contribution is 7.89. The molecule has 2 N–H and O–H groups in total. The summed E-state index contributed by atoms with van der Waals surface area (Å²) in [6.07, 6.45) is 0. The van der Waals surface area contributed by atoms with Crippen LogP contribution in [0.15, 0.2) is 23.1 Å². The van der Waals surface area contributed by atoms with Gasteiger partial charge in [0.05, 0.1) is 25.5 Å². The molecule has 0 radical (unpaired) electrons. The molecule has 0 unspecified atom stereocenters. The zero-order chi connectivity index (χ0) is 16.4. The first-order valence-electron chi connectivity index (χ1n) is 7.38. The highest BCUT2D eigenvalue weighted by Gasteiger charge is 2.26. The zero-order valence-electron chi connectivity index (χ0n) is 13.6. The van der Waals surface area contributed by atoms with Gasteiger partial charge in [-0.05, 0) is 12.1 Å². The van der Waals surface area contributed by atoms with Crippen LogP contribution >= 0.6 is 0 Å². The van der Waals surface area contributed by atoms with Crippen LogP contribution in [0.5, 0.6) is 11.5 Å². The van der Waals surface area contributed by atoms with Crippen molar-refractivity contribution < 1.29 is 22.8 Å². The molecule has 0 saturated heterocycles. The van der Waals surface area contributed by atoms with Gasteiger partial charge in [-0.25, -0.2) is 13.1 Å². The molecule has 1 heterocycles. The quantitative estimate of drug-likeness (QED) is 0.765. The van der Waals surface area contributed by atoms with Gasteiger partial charge in [-0.2, -0.15) is 0 Å². The van der Waals surface area contributed by atoms with Crippen molar-refractivity contribution in [1.29, 1.82) is 0 Å². The summed E-state index contributed by atoms with van der Waals surface area (Å²) in [4.78, 5) is 1.48. The van der Waals surface area contributed by atoms with Crippen molar-refractivity contribution in [2.75, 3.05) is 40.4 Å². The van der Waals surface area contributed by atoms with Gasteiger partial charge in [-0.3, -0.25) is 0 Å². The molecule has 1 aliphatic rings. The number of sulfonamides is 1. The molecule has 22 heavy (non-hydrogen) atoms.